The topological polar surface area (TPSA) is 29.3 Å². The van der Waals surface area contributed by atoms with Crippen LogP contribution in [0, 0.1) is 0 Å². The van der Waals surface area contributed by atoms with Crippen LogP contribution in [0.4, 0.5) is 0 Å². The van der Waals surface area contributed by atoms with Gasteiger partial charge in [-0.05, 0) is 40.0 Å². The molecule has 2 nitrogen and oxygen atoms in total. The SMILES string of the molecule is CCCCCCCCCCCCCCN.CCCN(C)C. The van der Waals surface area contributed by atoms with Crippen molar-refractivity contribution in [3.8, 4) is 0 Å². The molecule has 0 radical (unpaired) electrons. The normalized spacial score (nSPS) is 10.6. The molecule has 0 amide bonds. The predicted molar refractivity (Wildman–Crippen MR) is 99.0 cm³/mol. The van der Waals surface area contributed by atoms with Crippen LogP contribution in [-0.2, 0) is 0 Å². The first kappa shape index (κ1) is 23.2. The predicted octanol–water partition coefficient (Wildman–Crippen LogP) is 5.60. The molecule has 0 aromatic heterocycles. The second-order valence-electron chi connectivity index (χ2n) is 6.48. The first-order valence-electron chi connectivity index (χ1n) is 9.53. The third-order valence-corrected chi connectivity index (χ3v) is 3.73. The Labute approximate surface area is 135 Å². The molecular weight excluding hydrogens is 256 g/mol. The van der Waals surface area contributed by atoms with Gasteiger partial charge in [-0.1, -0.05) is 84.5 Å². The van der Waals surface area contributed by atoms with Gasteiger partial charge in [0.25, 0.3) is 0 Å². The lowest BCUT2D eigenvalue weighted by Crippen LogP contribution is -2.11. The molecule has 0 atom stereocenters. The molecule has 21 heavy (non-hydrogen) atoms. The first-order valence-corrected chi connectivity index (χ1v) is 9.53. The summed E-state index contributed by atoms with van der Waals surface area (Å²) in [7, 11) is 4.17. The highest BCUT2D eigenvalue weighted by atomic mass is 15.0. The van der Waals surface area contributed by atoms with E-state index in [1.807, 2.05) is 0 Å². The Hall–Kier alpha value is -0.0800. The highest BCUT2D eigenvalue weighted by Gasteiger charge is 1.92. The van der Waals surface area contributed by atoms with Crippen molar-refractivity contribution in [3.63, 3.8) is 0 Å². The van der Waals surface area contributed by atoms with Gasteiger partial charge in [-0.15, -0.1) is 0 Å². The quantitative estimate of drug-likeness (QED) is 0.423. The van der Waals surface area contributed by atoms with Gasteiger partial charge in [0.2, 0.25) is 0 Å². The standard InChI is InChI=1S/C14H31N.C5H13N/c1-2-3-4-5-6-7-8-9-10-11-12-13-14-15;1-4-5-6(2)3/h2-15H2,1H3;4-5H2,1-3H3. The Balaban J connectivity index is 0. The maximum atomic E-state index is 5.45. The summed E-state index contributed by atoms with van der Waals surface area (Å²) in [5.74, 6) is 0. The second kappa shape index (κ2) is 22.2. The molecule has 0 saturated carbocycles. The summed E-state index contributed by atoms with van der Waals surface area (Å²) in [6.07, 6.45) is 18.2. The molecule has 0 aliphatic carbocycles. The lowest BCUT2D eigenvalue weighted by atomic mass is 10.1. The van der Waals surface area contributed by atoms with E-state index in [0.29, 0.717) is 0 Å². The van der Waals surface area contributed by atoms with Crippen molar-refractivity contribution >= 4 is 0 Å². The van der Waals surface area contributed by atoms with Crippen LogP contribution < -0.4 is 5.73 Å². The lowest BCUT2D eigenvalue weighted by molar-refractivity contribution is 0.408. The van der Waals surface area contributed by atoms with E-state index in [-0.39, 0.29) is 0 Å². The highest BCUT2D eigenvalue weighted by Crippen LogP contribution is 2.11. The Bertz CT molecular complexity index is 146. The zero-order chi connectivity index (χ0) is 16.2. The molecule has 0 aliphatic rings. The van der Waals surface area contributed by atoms with Gasteiger partial charge in [0, 0.05) is 0 Å². The van der Waals surface area contributed by atoms with Crippen LogP contribution in [0.5, 0.6) is 0 Å². The number of rotatable bonds is 14. The highest BCUT2D eigenvalue weighted by molar-refractivity contribution is 4.48. The number of nitrogens with two attached hydrogens (primary N) is 1. The Morgan fingerprint density at radius 3 is 1.19 bits per heavy atom. The average molecular weight is 301 g/mol. The van der Waals surface area contributed by atoms with Gasteiger partial charge < -0.3 is 10.6 Å². The summed E-state index contributed by atoms with van der Waals surface area (Å²) in [4.78, 5) is 2.18. The molecule has 0 heterocycles. The molecule has 0 rings (SSSR count). The van der Waals surface area contributed by atoms with Gasteiger partial charge in [0.1, 0.15) is 0 Å². The molecule has 0 saturated heterocycles. The fourth-order valence-corrected chi connectivity index (χ4v) is 2.43. The molecule has 0 fully saturated rings. The number of nitrogens with zero attached hydrogens (tertiary/aromatic N) is 1. The van der Waals surface area contributed by atoms with Gasteiger partial charge in [0.05, 0.1) is 0 Å². The molecule has 130 valence electrons. The largest absolute Gasteiger partial charge is 0.330 e. The summed E-state index contributed by atoms with van der Waals surface area (Å²) >= 11 is 0. The summed E-state index contributed by atoms with van der Waals surface area (Å²) in [6.45, 7) is 6.54. The van der Waals surface area contributed by atoms with Gasteiger partial charge in [0.15, 0.2) is 0 Å². The maximum absolute atomic E-state index is 5.45. The molecule has 0 aromatic rings. The van der Waals surface area contributed by atoms with Crippen LogP contribution in [-0.4, -0.2) is 32.1 Å². The molecule has 2 heteroatoms. The monoisotopic (exact) mass is 300 g/mol. The van der Waals surface area contributed by atoms with E-state index in [1.54, 1.807) is 0 Å². The molecule has 2 N–H and O–H groups in total. The Morgan fingerprint density at radius 2 is 0.952 bits per heavy atom. The van der Waals surface area contributed by atoms with E-state index in [9.17, 15) is 0 Å². The van der Waals surface area contributed by atoms with E-state index >= 15 is 0 Å². The van der Waals surface area contributed by atoms with E-state index in [4.69, 9.17) is 5.73 Å². The minimum Gasteiger partial charge on any atom is -0.330 e. The minimum absolute atomic E-state index is 0.872. The van der Waals surface area contributed by atoms with E-state index in [1.165, 1.54) is 90.0 Å². The molecule has 0 bridgehead atoms. The van der Waals surface area contributed by atoms with Crippen molar-refractivity contribution in [2.24, 2.45) is 5.73 Å². The van der Waals surface area contributed by atoms with Crippen molar-refractivity contribution in [2.75, 3.05) is 27.2 Å². The number of hydrogen-bond acceptors (Lipinski definition) is 2. The third-order valence-electron chi connectivity index (χ3n) is 3.73. The van der Waals surface area contributed by atoms with Crippen LogP contribution in [0.25, 0.3) is 0 Å². The van der Waals surface area contributed by atoms with Gasteiger partial charge in [-0.2, -0.15) is 0 Å². The number of unbranched alkanes of at least 4 members (excludes halogenated alkanes) is 11. The molecule has 0 aliphatic heterocycles. The second-order valence-corrected chi connectivity index (χ2v) is 6.48. The first-order chi connectivity index (χ1) is 10.2. The minimum atomic E-state index is 0.872. The smallest absolute Gasteiger partial charge is 0.00275 e. The van der Waals surface area contributed by atoms with Crippen molar-refractivity contribution in [2.45, 2.75) is 97.3 Å². The van der Waals surface area contributed by atoms with Crippen LogP contribution in [0.1, 0.15) is 97.3 Å². The van der Waals surface area contributed by atoms with Crippen molar-refractivity contribution < 1.29 is 0 Å². The molecular formula is C19H44N2. The van der Waals surface area contributed by atoms with Crippen LogP contribution >= 0.6 is 0 Å². The fourth-order valence-electron chi connectivity index (χ4n) is 2.43. The summed E-state index contributed by atoms with van der Waals surface area (Å²) in [5.41, 5.74) is 5.45. The molecule has 0 aromatic carbocycles. The molecule has 0 spiro atoms. The maximum Gasteiger partial charge on any atom is -0.00275 e. The zero-order valence-corrected chi connectivity index (χ0v) is 15.6. The average Bonchev–Trinajstić information content (AvgIpc) is 2.45. The van der Waals surface area contributed by atoms with Crippen LogP contribution in [0.15, 0.2) is 0 Å². The van der Waals surface area contributed by atoms with Crippen LogP contribution in [0.3, 0.4) is 0 Å². The summed E-state index contributed by atoms with van der Waals surface area (Å²) < 4.78 is 0. The van der Waals surface area contributed by atoms with E-state index in [0.717, 1.165) is 6.54 Å². The van der Waals surface area contributed by atoms with Crippen molar-refractivity contribution in [3.05, 3.63) is 0 Å². The molecule has 0 unspecified atom stereocenters. The zero-order valence-electron chi connectivity index (χ0n) is 15.6. The lowest BCUT2D eigenvalue weighted by Gasteiger charge is -2.03. The van der Waals surface area contributed by atoms with Crippen molar-refractivity contribution in [1.82, 2.24) is 4.90 Å². The number of hydrogen-bond donors (Lipinski definition) is 1. The summed E-state index contributed by atoms with van der Waals surface area (Å²) in [6, 6.07) is 0. The van der Waals surface area contributed by atoms with E-state index in [2.05, 4.69) is 32.8 Å². The van der Waals surface area contributed by atoms with Crippen LogP contribution in [0.2, 0.25) is 0 Å². The van der Waals surface area contributed by atoms with Gasteiger partial charge in [-0.3, -0.25) is 0 Å². The van der Waals surface area contributed by atoms with Gasteiger partial charge >= 0.3 is 0 Å². The van der Waals surface area contributed by atoms with Gasteiger partial charge in [-0.25, -0.2) is 0 Å². The van der Waals surface area contributed by atoms with E-state index < -0.39 is 0 Å². The Kier molecular flexibility index (Phi) is 24.5. The Morgan fingerprint density at radius 1 is 0.571 bits per heavy atom. The van der Waals surface area contributed by atoms with Crippen molar-refractivity contribution in [1.29, 1.82) is 0 Å². The fraction of sp³-hybridized carbons (Fsp3) is 1.00. The summed E-state index contributed by atoms with van der Waals surface area (Å²) in [5, 5.41) is 0. The third kappa shape index (κ3) is 28.7.